The molecular formula is C23H29F3N4O3. The Balaban J connectivity index is 1.60. The van der Waals surface area contributed by atoms with Gasteiger partial charge in [0.05, 0.1) is 25.6 Å². The van der Waals surface area contributed by atoms with Gasteiger partial charge < -0.3 is 19.1 Å². The van der Waals surface area contributed by atoms with Crippen LogP contribution in [0.1, 0.15) is 60.9 Å². The minimum atomic E-state index is -4.27. The molecule has 2 fully saturated rings. The van der Waals surface area contributed by atoms with Gasteiger partial charge in [-0.15, -0.1) is 0 Å². The van der Waals surface area contributed by atoms with Gasteiger partial charge in [-0.3, -0.25) is 0 Å². The molecule has 0 aliphatic carbocycles. The first-order chi connectivity index (χ1) is 15.7. The van der Waals surface area contributed by atoms with Crippen molar-refractivity contribution in [1.29, 1.82) is 0 Å². The minimum Gasteiger partial charge on any atom is -0.378 e. The van der Waals surface area contributed by atoms with E-state index in [4.69, 9.17) is 9.26 Å². The van der Waals surface area contributed by atoms with Gasteiger partial charge in [-0.1, -0.05) is 43.3 Å². The fraction of sp³-hybridized carbons (Fsp3) is 0.609. The van der Waals surface area contributed by atoms with Crippen molar-refractivity contribution < 1.29 is 27.2 Å². The summed E-state index contributed by atoms with van der Waals surface area (Å²) in [6.07, 6.45) is -4.64. The Hall–Kier alpha value is -2.62. The van der Waals surface area contributed by atoms with Crippen molar-refractivity contribution in [2.24, 2.45) is 0 Å². The molecule has 0 N–H and O–H groups in total. The van der Waals surface area contributed by atoms with Crippen molar-refractivity contribution in [2.75, 3.05) is 39.4 Å². The van der Waals surface area contributed by atoms with Crippen LogP contribution in [0.4, 0.5) is 18.0 Å². The lowest BCUT2D eigenvalue weighted by molar-refractivity contribution is -0.127. The molecule has 1 aromatic carbocycles. The van der Waals surface area contributed by atoms with E-state index in [1.54, 1.807) is 21.9 Å². The number of amides is 2. The Kier molecular flexibility index (Phi) is 6.92. The van der Waals surface area contributed by atoms with E-state index in [2.05, 4.69) is 10.1 Å². The van der Waals surface area contributed by atoms with E-state index in [1.807, 2.05) is 19.9 Å². The number of carbonyl (C=O) groups is 1. The van der Waals surface area contributed by atoms with Gasteiger partial charge in [-0.25, -0.2) is 4.79 Å². The fourth-order valence-electron chi connectivity index (χ4n) is 4.47. The van der Waals surface area contributed by atoms with Crippen LogP contribution in [0.2, 0.25) is 0 Å². The van der Waals surface area contributed by atoms with Crippen molar-refractivity contribution in [3.63, 3.8) is 0 Å². The summed E-state index contributed by atoms with van der Waals surface area (Å²) in [4.78, 5) is 21.3. The summed E-state index contributed by atoms with van der Waals surface area (Å²) in [5.41, 5.74) is 0.998. The molecular weight excluding hydrogens is 437 g/mol. The smallest absolute Gasteiger partial charge is 0.378 e. The molecule has 2 aliphatic rings. The molecule has 3 heterocycles. The Morgan fingerprint density at radius 1 is 1.15 bits per heavy atom. The van der Waals surface area contributed by atoms with Gasteiger partial charge in [0.2, 0.25) is 5.89 Å². The number of hydrogen-bond acceptors (Lipinski definition) is 5. The largest absolute Gasteiger partial charge is 0.393 e. The van der Waals surface area contributed by atoms with E-state index < -0.39 is 12.6 Å². The first-order valence-corrected chi connectivity index (χ1v) is 11.3. The molecule has 2 amide bonds. The lowest BCUT2D eigenvalue weighted by atomic mass is 9.83. The topological polar surface area (TPSA) is 71.7 Å². The molecule has 10 heteroatoms. The van der Waals surface area contributed by atoms with Gasteiger partial charge in [0, 0.05) is 38.0 Å². The van der Waals surface area contributed by atoms with Crippen LogP contribution in [0, 0.1) is 0 Å². The van der Waals surface area contributed by atoms with Crippen LogP contribution in [0.25, 0.3) is 0 Å². The molecule has 33 heavy (non-hydrogen) atoms. The Morgan fingerprint density at radius 2 is 1.88 bits per heavy atom. The number of nitrogens with zero attached hydrogens (tertiary/aromatic N) is 4. The predicted molar refractivity (Wildman–Crippen MR) is 114 cm³/mol. The van der Waals surface area contributed by atoms with Gasteiger partial charge in [-0.05, 0) is 17.5 Å². The molecule has 7 nitrogen and oxygen atoms in total. The number of piperidine rings is 1. The normalized spacial score (nSPS) is 22.1. The summed E-state index contributed by atoms with van der Waals surface area (Å²) in [6, 6.07) is 6.48. The van der Waals surface area contributed by atoms with Crippen LogP contribution in [0.3, 0.4) is 0 Å². The lowest BCUT2D eigenvalue weighted by Crippen LogP contribution is -2.52. The average Bonchev–Trinajstić information content (AvgIpc) is 3.29. The number of urea groups is 1. The zero-order valence-corrected chi connectivity index (χ0v) is 18.8. The Morgan fingerprint density at radius 3 is 2.55 bits per heavy atom. The molecule has 4 rings (SSSR count). The summed E-state index contributed by atoms with van der Waals surface area (Å²) in [5.74, 6) is 0.836. The number of ether oxygens (including phenoxy) is 1. The summed E-state index contributed by atoms with van der Waals surface area (Å²) in [7, 11) is 0. The maximum Gasteiger partial charge on any atom is 0.393 e. The van der Waals surface area contributed by atoms with Gasteiger partial charge in [0.1, 0.15) is 0 Å². The third-order valence-electron chi connectivity index (χ3n) is 6.15. The Bertz CT molecular complexity index is 956. The van der Waals surface area contributed by atoms with E-state index in [0.717, 1.165) is 5.56 Å². The second-order valence-corrected chi connectivity index (χ2v) is 9.10. The second-order valence-electron chi connectivity index (χ2n) is 9.10. The third-order valence-corrected chi connectivity index (χ3v) is 6.15. The van der Waals surface area contributed by atoms with Crippen molar-refractivity contribution in [2.45, 2.75) is 50.6 Å². The van der Waals surface area contributed by atoms with Gasteiger partial charge in [-0.2, -0.15) is 18.2 Å². The maximum absolute atomic E-state index is 13.3. The molecule has 0 saturated carbocycles. The highest BCUT2D eigenvalue weighted by Crippen LogP contribution is 2.37. The van der Waals surface area contributed by atoms with Crippen LogP contribution < -0.4 is 0 Å². The van der Waals surface area contributed by atoms with E-state index in [1.165, 1.54) is 6.07 Å². The van der Waals surface area contributed by atoms with Crippen molar-refractivity contribution >= 4 is 6.03 Å². The molecule has 0 spiro atoms. The summed E-state index contributed by atoms with van der Waals surface area (Å²) in [6.45, 7) is 6.81. The van der Waals surface area contributed by atoms with Crippen LogP contribution in [0.5, 0.6) is 0 Å². The quantitative estimate of drug-likeness (QED) is 0.671. The number of rotatable bonds is 4. The number of morpholine rings is 1. The number of likely N-dealkylation sites (tertiary alicyclic amines) is 1. The number of carbonyl (C=O) groups excluding carboxylic acids is 1. The van der Waals surface area contributed by atoms with Gasteiger partial charge in [0.15, 0.2) is 5.82 Å². The number of alkyl halides is 3. The molecule has 2 aromatic rings. The maximum atomic E-state index is 13.3. The predicted octanol–water partition coefficient (Wildman–Crippen LogP) is 4.32. The number of benzene rings is 1. The van der Waals surface area contributed by atoms with E-state index >= 15 is 0 Å². The SMILES string of the molecule is CC(C)c1noc(C2CC(c3cccc(CC(F)(F)F)c3)CN(C(=O)N3CCOCC3)C2)n1. The van der Waals surface area contributed by atoms with Crippen LogP contribution in [-0.4, -0.2) is 71.5 Å². The highest BCUT2D eigenvalue weighted by molar-refractivity contribution is 5.75. The van der Waals surface area contributed by atoms with Crippen molar-refractivity contribution in [3.05, 3.63) is 47.1 Å². The van der Waals surface area contributed by atoms with Crippen LogP contribution in [-0.2, 0) is 11.2 Å². The van der Waals surface area contributed by atoms with Crippen molar-refractivity contribution in [1.82, 2.24) is 19.9 Å². The first-order valence-electron chi connectivity index (χ1n) is 11.3. The van der Waals surface area contributed by atoms with Crippen LogP contribution >= 0.6 is 0 Å². The minimum absolute atomic E-state index is 0.0944. The standard InChI is InChI=1S/C23H29F3N4O3/c1-15(2)20-27-21(33-28-20)19-11-18(17-5-3-4-16(10-17)12-23(24,25)26)13-30(14-19)22(31)29-6-8-32-9-7-29/h3-5,10,15,18-19H,6-9,11-14H2,1-2H3. The Labute approximate surface area is 190 Å². The number of hydrogen-bond donors (Lipinski definition) is 0. The van der Waals surface area contributed by atoms with Gasteiger partial charge >= 0.3 is 12.2 Å². The molecule has 2 saturated heterocycles. The molecule has 2 aliphatic heterocycles. The summed E-state index contributed by atoms with van der Waals surface area (Å²) < 4.78 is 49.7. The summed E-state index contributed by atoms with van der Waals surface area (Å²) in [5, 5.41) is 4.06. The zero-order chi connectivity index (χ0) is 23.6. The van der Waals surface area contributed by atoms with E-state index in [9.17, 15) is 18.0 Å². The molecule has 180 valence electrons. The van der Waals surface area contributed by atoms with E-state index in [-0.39, 0.29) is 29.3 Å². The highest BCUT2D eigenvalue weighted by atomic mass is 19.4. The first kappa shape index (κ1) is 23.5. The zero-order valence-electron chi connectivity index (χ0n) is 18.8. The molecule has 1 aromatic heterocycles. The highest BCUT2D eigenvalue weighted by Gasteiger charge is 2.37. The summed E-state index contributed by atoms with van der Waals surface area (Å²) >= 11 is 0. The lowest BCUT2D eigenvalue weighted by Gasteiger charge is -2.40. The monoisotopic (exact) mass is 466 g/mol. The average molecular weight is 467 g/mol. The molecule has 0 bridgehead atoms. The second kappa shape index (κ2) is 9.70. The van der Waals surface area contributed by atoms with E-state index in [0.29, 0.717) is 57.5 Å². The molecule has 2 atom stereocenters. The van der Waals surface area contributed by atoms with Crippen molar-refractivity contribution in [3.8, 4) is 0 Å². The molecule has 0 radical (unpaired) electrons. The number of aromatic nitrogens is 2. The molecule has 2 unspecified atom stereocenters. The number of halogens is 3. The van der Waals surface area contributed by atoms with Crippen LogP contribution in [0.15, 0.2) is 28.8 Å². The third kappa shape index (κ3) is 5.85. The van der Waals surface area contributed by atoms with Gasteiger partial charge in [0.25, 0.3) is 0 Å². The fourth-order valence-corrected chi connectivity index (χ4v) is 4.47.